The van der Waals surface area contributed by atoms with Gasteiger partial charge in [-0.15, -0.1) is 0 Å². The zero-order valence-electron chi connectivity index (χ0n) is 19.2. The molecule has 1 aliphatic heterocycles. The zero-order chi connectivity index (χ0) is 23.9. The molecule has 1 aliphatic rings. The van der Waals surface area contributed by atoms with Gasteiger partial charge in [-0.05, 0) is 61.3 Å². The lowest BCUT2D eigenvalue weighted by atomic mass is 10.0. The Morgan fingerprint density at radius 2 is 1.68 bits per heavy atom. The third kappa shape index (κ3) is 6.80. The van der Waals surface area contributed by atoms with Crippen LogP contribution in [0.5, 0.6) is 11.5 Å². The Labute approximate surface area is 216 Å². The third-order valence-electron chi connectivity index (χ3n) is 6.11. The summed E-state index contributed by atoms with van der Waals surface area (Å²) in [7, 11) is 1.62. The van der Waals surface area contributed by atoms with E-state index in [0.29, 0.717) is 32.6 Å². The Kier molecular flexibility index (Phi) is 8.98. The van der Waals surface area contributed by atoms with Gasteiger partial charge in [-0.1, -0.05) is 71.2 Å². The van der Waals surface area contributed by atoms with E-state index in [9.17, 15) is 0 Å². The van der Waals surface area contributed by atoms with Crippen LogP contribution in [0.1, 0.15) is 29.5 Å². The summed E-state index contributed by atoms with van der Waals surface area (Å²) < 4.78 is 11.5. The van der Waals surface area contributed by atoms with Crippen molar-refractivity contribution in [1.82, 2.24) is 10.2 Å². The molecule has 1 saturated heterocycles. The van der Waals surface area contributed by atoms with Crippen LogP contribution in [-0.4, -0.2) is 31.1 Å². The number of likely N-dealkylation sites (tertiary alicyclic amines) is 1. The predicted octanol–water partition coefficient (Wildman–Crippen LogP) is 6.99. The first-order chi connectivity index (χ1) is 16.5. The average Bonchev–Trinajstić information content (AvgIpc) is 2.84. The van der Waals surface area contributed by atoms with Crippen molar-refractivity contribution in [2.75, 3.05) is 20.2 Å². The van der Waals surface area contributed by atoms with Crippen LogP contribution in [0.15, 0.2) is 60.7 Å². The molecule has 34 heavy (non-hydrogen) atoms. The fourth-order valence-corrected chi connectivity index (χ4v) is 4.95. The minimum atomic E-state index is 0.269. The van der Waals surface area contributed by atoms with Crippen molar-refractivity contribution in [2.24, 2.45) is 0 Å². The Balaban J connectivity index is 1.30. The summed E-state index contributed by atoms with van der Waals surface area (Å²) >= 11 is 18.8. The maximum Gasteiger partial charge on any atom is 0.180 e. The van der Waals surface area contributed by atoms with Crippen LogP contribution in [0.2, 0.25) is 15.1 Å². The summed E-state index contributed by atoms with van der Waals surface area (Å²) in [5, 5.41) is 5.33. The van der Waals surface area contributed by atoms with Crippen LogP contribution < -0.4 is 14.8 Å². The molecule has 0 unspecified atom stereocenters. The van der Waals surface area contributed by atoms with Gasteiger partial charge < -0.3 is 14.8 Å². The maximum atomic E-state index is 6.57. The van der Waals surface area contributed by atoms with Gasteiger partial charge in [0.15, 0.2) is 11.5 Å². The van der Waals surface area contributed by atoms with Crippen molar-refractivity contribution >= 4 is 34.8 Å². The molecule has 1 fully saturated rings. The SMILES string of the molecule is COc1cc(CNC2CCN(Cc3ccccc3)CC2)cc(Cl)c1OCc1ccc(Cl)cc1Cl. The lowest BCUT2D eigenvalue weighted by molar-refractivity contribution is 0.190. The molecule has 1 N–H and O–H groups in total. The second-order valence-electron chi connectivity index (χ2n) is 8.55. The quantitative estimate of drug-likeness (QED) is 0.330. The van der Waals surface area contributed by atoms with Crippen LogP contribution in [0, 0.1) is 0 Å². The Morgan fingerprint density at radius 1 is 0.912 bits per heavy atom. The molecule has 1 heterocycles. The van der Waals surface area contributed by atoms with Crippen molar-refractivity contribution in [1.29, 1.82) is 0 Å². The fraction of sp³-hybridized carbons (Fsp3) is 0.333. The third-order valence-corrected chi connectivity index (χ3v) is 6.98. The lowest BCUT2D eigenvalue weighted by Gasteiger charge is -2.32. The number of hydrogen-bond donors (Lipinski definition) is 1. The number of piperidine rings is 1. The Morgan fingerprint density at radius 3 is 2.38 bits per heavy atom. The van der Waals surface area contributed by atoms with Crippen LogP contribution in [0.3, 0.4) is 0 Å². The van der Waals surface area contributed by atoms with Crippen LogP contribution in [0.25, 0.3) is 0 Å². The van der Waals surface area contributed by atoms with E-state index in [1.165, 1.54) is 5.56 Å². The average molecular weight is 520 g/mol. The normalized spacial score (nSPS) is 14.8. The monoisotopic (exact) mass is 518 g/mol. The first-order valence-corrected chi connectivity index (χ1v) is 12.6. The number of hydrogen-bond acceptors (Lipinski definition) is 4. The van der Waals surface area contributed by atoms with Crippen LogP contribution in [0.4, 0.5) is 0 Å². The van der Waals surface area contributed by atoms with E-state index >= 15 is 0 Å². The summed E-state index contributed by atoms with van der Waals surface area (Å²) in [5.41, 5.74) is 3.26. The number of nitrogens with one attached hydrogen (secondary N) is 1. The number of nitrogens with zero attached hydrogens (tertiary/aromatic N) is 1. The van der Waals surface area contributed by atoms with Gasteiger partial charge >= 0.3 is 0 Å². The Bertz CT molecular complexity index is 1090. The van der Waals surface area contributed by atoms with Gasteiger partial charge in [0.25, 0.3) is 0 Å². The molecule has 0 saturated carbocycles. The molecular formula is C27H29Cl3N2O2. The summed E-state index contributed by atoms with van der Waals surface area (Å²) in [6.07, 6.45) is 2.25. The summed E-state index contributed by atoms with van der Waals surface area (Å²) in [6.45, 7) is 4.20. The highest BCUT2D eigenvalue weighted by Gasteiger charge is 2.19. The molecule has 4 rings (SSSR count). The minimum absolute atomic E-state index is 0.269. The molecule has 0 bridgehead atoms. The van der Waals surface area contributed by atoms with E-state index in [1.807, 2.05) is 18.2 Å². The molecule has 0 aromatic heterocycles. The van der Waals surface area contributed by atoms with Gasteiger partial charge in [-0.3, -0.25) is 4.90 Å². The molecule has 7 heteroatoms. The van der Waals surface area contributed by atoms with E-state index in [0.717, 1.165) is 50.1 Å². The molecule has 180 valence electrons. The molecule has 0 spiro atoms. The molecule has 0 atom stereocenters. The number of ether oxygens (including phenoxy) is 2. The summed E-state index contributed by atoms with van der Waals surface area (Å²) in [4.78, 5) is 2.52. The highest BCUT2D eigenvalue weighted by atomic mass is 35.5. The number of methoxy groups -OCH3 is 1. The van der Waals surface area contributed by atoms with Crippen molar-refractivity contribution < 1.29 is 9.47 Å². The van der Waals surface area contributed by atoms with Gasteiger partial charge in [0.2, 0.25) is 0 Å². The van der Waals surface area contributed by atoms with E-state index in [4.69, 9.17) is 44.3 Å². The zero-order valence-corrected chi connectivity index (χ0v) is 21.5. The van der Waals surface area contributed by atoms with Crippen LogP contribution in [-0.2, 0) is 19.7 Å². The molecule has 4 nitrogen and oxygen atoms in total. The first-order valence-electron chi connectivity index (χ1n) is 11.4. The summed E-state index contributed by atoms with van der Waals surface area (Å²) in [5.74, 6) is 1.11. The van der Waals surface area contributed by atoms with Crippen LogP contribution >= 0.6 is 34.8 Å². The number of benzene rings is 3. The largest absolute Gasteiger partial charge is 0.493 e. The second-order valence-corrected chi connectivity index (χ2v) is 9.80. The predicted molar refractivity (Wildman–Crippen MR) is 140 cm³/mol. The molecule has 0 radical (unpaired) electrons. The maximum absolute atomic E-state index is 6.57. The fourth-order valence-electron chi connectivity index (χ4n) is 4.20. The van der Waals surface area contributed by atoms with E-state index in [1.54, 1.807) is 19.2 Å². The molecule has 3 aromatic rings. The van der Waals surface area contributed by atoms with E-state index in [-0.39, 0.29) is 6.61 Å². The van der Waals surface area contributed by atoms with Gasteiger partial charge in [-0.2, -0.15) is 0 Å². The summed E-state index contributed by atoms with van der Waals surface area (Å²) in [6, 6.07) is 20.4. The lowest BCUT2D eigenvalue weighted by Crippen LogP contribution is -2.41. The molecule has 3 aromatic carbocycles. The van der Waals surface area contributed by atoms with Gasteiger partial charge in [0.1, 0.15) is 6.61 Å². The van der Waals surface area contributed by atoms with Crippen molar-refractivity contribution in [3.8, 4) is 11.5 Å². The van der Waals surface area contributed by atoms with Gasteiger partial charge in [0.05, 0.1) is 12.1 Å². The van der Waals surface area contributed by atoms with Crippen molar-refractivity contribution in [3.05, 3.63) is 92.4 Å². The second kappa shape index (κ2) is 12.1. The standard InChI is InChI=1S/C27H29Cl3N2O2/c1-33-26-14-20(13-25(30)27(26)34-18-21-7-8-22(28)15-24(21)29)16-31-23-9-11-32(12-10-23)17-19-5-3-2-4-6-19/h2-8,13-15,23,31H,9-12,16-18H2,1H3. The van der Waals surface area contributed by atoms with E-state index < -0.39 is 0 Å². The van der Waals surface area contributed by atoms with Crippen molar-refractivity contribution in [3.63, 3.8) is 0 Å². The highest BCUT2D eigenvalue weighted by molar-refractivity contribution is 6.35. The molecule has 0 aliphatic carbocycles. The molecular weight excluding hydrogens is 491 g/mol. The highest BCUT2D eigenvalue weighted by Crippen LogP contribution is 2.37. The Hall–Kier alpha value is -1.95. The smallest absolute Gasteiger partial charge is 0.180 e. The minimum Gasteiger partial charge on any atom is -0.493 e. The topological polar surface area (TPSA) is 33.7 Å². The first kappa shape index (κ1) is 25.2. The van der Waals surface area contributed by atoms with E-state index in [2.05, 4.69) is 40.5 Å². The molecule has 0 amide bonds. The van der Waals surface area contributed by atoms with Gasteiger partial charge in [0, 0.05) is 34.7 Å². The van der Waals surface area contributed by atoms with Crippen molar-refractivity contribution in [2.45, 2.75) is 38.6 Å². The number of rotatable bonds is 9. The van der Waals surface area contributed by atoms with Gasteiger partial charge in [-0.25, -0.2) is 0 Å². The number of halogens is 3.